The number of para-hydroxylation sites is 1. The highest BCUT2D eigenvalue weighted by molar-refractivity contribution is 6.01. The number of hydrogen-bond donors (Lipinski definition) is 1. The van der Waals surface area contributed by atoms with Crippen LogP contribution in [0.25, 0.3) is 0 Å². The van der Waals surface area contributed by atoms with E-state index in [1.54, 1.807) is 11.0 Å². The van der Waals surface area contributed by atoms with E-state index in [0.717, 1.165) is 17.7 Å². The molecule has 0 aliphatic carbocycles. The summed E-state index contributed by atoms with van der Waals surface area (Å²) in [4.78, 5) is 14.4. The van der Waals surface area contributed by atoms with Gasteiger partial charge < -0.3 is 10.2 Å². The van der Waals surface area contributed by atoms with Gasteiger partial charge in [-0.25, -0.2) is 4.39 Å². The van der Waals surface area contributed by atoms with Crippen LogP contribution in [0, 0.1) is 5.82 Å². The van der Waals surface area contributed by atoms with Crippen LogP contribution >= 0.6 is 0 Å². The predicted molar refractivity (Wildman–Crippen MR) is 80.5 cm³/mol. The zero-order chi connectivity index (χ0) is 14.8. The standard InChI is InChI=1S/C17H17FN2O/c1-2-10-20-16(12-6-5-7-13(18)11-12)19-15-9-4-3-8-14(15)17(20)21/h3-9,11,16,19H,2,10H2,1H3/t16-/m1/s1. The maximum Gasteiger partial charge on any atom is 0.257 e. The summed E-state index contributed by atoms with van der Waals surface area (Å²) >= 11 is 0. The highest BCUT2D eigenvalue weighted by atomic mass is 19.1. The number of halogens is 1. The Balaban J connectivity index is 2.04. The maximum atomic E-state index is 13.5. The minimum absolute atomic E-state index is 0.0135. The Labute approximate surface area is 123 Å². The molecule has 0 spiro atoms. The molecule has 0 saturated heterocycles. The second-order valence-electron chi connectivity index (χ2n) is 5.15. The van der Waals surface area contributed by atoms with E-state index in [-0.39, 0.29) is 17.9 Å². The van der Waals surface area contributed by atoms with Crippen molar-refractivity contribution in [3.8, 4) is 0 Å². The Kier molecular flexibility index (Phi) is 3.60. The molecule has 1 amide bonds. The number of fused-ring (bicyclic) bond motifs is 1. The second kappa shape index (κ2) is 5.56. The van der Waals surface area contributed by atoms with Crippen LogP contribution in [-0.2, 0) is 0 Å². The summed E-state index contributed by atoms with van der Waals surface area (Å²) in [6.07, 6.45) is 0.518. The summed E-state index contributed by atoms with van der Waals surface area (Å²) in [6.45, 7) is 2.65. The maximum absolute atomic E-state index is 13.5. The summed E-state index contributed by atoms with van der Waals surface area (Å²) in [6, 6.07) is 13.8. The second-order valence-corrected chi connectivity index (χ2v) is 5.15. The molecule has 1 atom stereocenters. The first-order chi connectivity index (χ1) is 10.2. The van der Waals surface area contributed by atoms with Gasteiger partial charge in [-0.15, -0.1) is 0 Å². The van der Waals surface area contributed by atoms with E-state index in [9.17, 15) is 9.18 Å². The first kappa shape index (κ1) is 13.6. The van der Waals surface area contributed by atoms with Crippen molar-refractivity contribution < 1.29 is 9.18 Å². The first-order valence-electron chi connectivity index (χ1n) is 7.12. The van der Waals surface area contributed by atoms with Gasteiger partial charge in [0, 0.05) is 12.2 Å². The third-order valence-corrected chi connectivity index (χ3v) is 3.65. The molecule has 3 nitrogen and oxygen atoms in total. The molecule has 0 fully saturated rings. The lowest BCUT2D eigenvalue weighted by Crippen LogP contribution is -2.43. The quantitative estimate of drug-likeness (QED) is 0.929. The molecule has 0 bridgehead atoms. The fourth-order valence-electron chi connectivity index (χ4n) is 2.70. The van der Waals surface area contributed by atoms with Crippen molar-refractivity contribution in [3.63, 3.8) is 0 Å². The molecular weight excluding hydrogens is 267 g/mol. The van der Waals surface area contributed by atoms with Crippen LogP contribution in [0.3, 0.4) is 0 Å². The smallest absolute Gasteiger partial charge is 0.257 e. The van der Waals surface area contributed by atoms with E-state index in [4.69, 9.17) is 0 Å². The number of nitrogens with zero attached hydrogens (tertiary/aromatic N) is 1. The number of nitrogens with one attached hydrogen (secondary N) is 1. The van der Waals surface area contributed by atoms with Gasteiger partial charge >= 0.3 is 0 Å². The first-order valence-corrected chi connectivity index (χ1v) is 7.12. The summed E-state index contributed by atoms with van der Waals surface area (Å²) < 4.78 is 13.5. The van der Waals surface area contributed by atoms with Gasteiger partial charge in [-0.3, -0.25) is 4.79 Å². The van der Waals surface area contributed by atoms with Gasteiger partial charge in [0.1, 0.15) is 12.0 Å². The largest absolute Gasteiger partial charge is 0.361 e. The fourth-order valence-corrected chi connectivity index (χ4v) is 2.70. The van der Waals surface area contributed by atoms with E-state index >= 15 is 0 Å². The molecule has 3 rings (SSSR count). The minimum Gasteiger partial charge on any atom is -0.361 e. The Hall–Kier alpha value is -2.36. The molecule has 21 heavy (non-hydrogen) atoms. The molecule has 2 aromatic carbocycles. The van der Waals surface area contributed by atoms with E-state index in [1.165, 1.54) is 12.1 Å². The predicted octanol–water partition coefficient (Wildman–Crippen LogP) is 3.80. The number of anilines is 1. The zero-order valence-corrected chi connectivity index (χ0v) is 11.8. The van der Waals surface area contributed by atoms with Gasteiger partial charge in [-0.2, -0.15) is 0 Å². The molecule has 0 unspecified atom stereocenters. The molecule has 0 radical (unpaired) electrons. The van der Waals surface area contributed by atoms with Crippen molar-refractivity contribution in [1.82, 2.24) is 4.90 Å². The molecule has 1 heterocycles. The van der Waals surface area contributed by atoms with Crippen molar-refractivity contribution in [2.75, 3.05) is 11.9 Å². The van der Waals surface area contributed by atoms with Gasteiger partial charge in [0.25, 0.3) is 5.91 Å². The Morgan fingerprint density at radius 1 is 1.19 bits per heavy atom. The van der Waals surface area contributed by atoms with Gasteiger partial charge in [-0.05, 0) is 36.2 Å². The van der Waals surface area contributed by atoms with E-state index in [0.29, 0.717) is 12.1 Å². The van der Waals surface area contributed by atoms with Crippen LogP contribution in [0.2, 0.25) is 0 Å². The third kappa shape index (κ3) is 2.49. The number of rotatable bonds is 3. The van der Waals surface area contributed by atoms with Crippen molar-refractivity contribution in [1.29, 1.82) is 0 Å². The van der Waals surface area contributed by atoms with Crippen molar-refractivity contribution in [2.24, 2.45) is 0 Å². The van der Waals surface area contributed by atoms with Gasteiger partial charge in [0.15, 0.2) is 0 Å². The Morgan fingerprint density at radius 2 is 2.00 bits per heavy atom. The fraction of sp³-hybridized carbons (Fsp3) is 0.235. The van der Waals surface area contributed by atoms with Gasteiger partial charge in [0.2, 0.25) is 0 Å². The van der Waals surface area contributed by atoms with E-state index < -0.39 is 0 Å². The molecule has 1 N–H and O–H groups in total. The molecule has 0 aromatic heterocycles. The lowest BCUT2D eigenvalue weighted by molar-refractivity contribution is 0.0683. The lowest BCUT2D eigenvalue weighted by Gasteiger charge is -2.38. The van der Waals surface area contributed by atoms with Crippen molar-refractivity contribution in [2.45, 2.75) is 19.5 Å². The number of amides is 1. The van der Waals surface area contributed by atoms with Crippen LogP contribution in [0.5, 0.6) is 0 Å². The highest BCUT2D eigenvalue weighted by Gasteiger charge is 2.32. The molecular formula is C17H17FN2O. The number of carbonyl (C=O) groups is 1. The molecule has 108 valence electrons. The molecule has 1 aliphatic heterocycles. The SMILES string of the molecule is CCCN1C(=O)c2ccccc2N[C@H]1c1cccc(F)c1. The minimum atomic E-state index is -0.331. The number of carbonyl (C=O) groups excluding carboxylic acids is 1. The van der Waals surface area contributed by atoms with Crippen molar-refractivity contribution in [3.05, 3.63) is 65.5 Å². The Morgan fingerprint density at radius 3 is 2.76 bits per heavy atom. The third-order valence-electron chi connectivity index (χ3n) is 3.65. The summed E-state index contributed by atoms with van der Waals surface area (Å²) in [7, 11) is 0. The molecule has 2 aromatic rings. The van der Waals surface area contributed by atoms with Crippen LogP contribution in [0.4, 0.5) is 10.1 Å². The van der Waals surface area contributed by atoms with Gasteiger partial charge in [0.05, 0.1) is 5.56 Å². The van der Waals surface area contributed by atoms with Gasteiger partial charge in [-0.1, -0.05) is 31.2 Å². The van der Waals surface area contributed by atoms with Crippen LogP contribution < -0.4 is 5.32 Å². The zero-order valence-electron chi connectivity index (χ0n) is 11.8. The number of benzene rings is 2. The van der Waals surface area contributed by atoms with Crippen LogP contribution in [0.1, 0.15) is 35.4 Å². The average molecular weight is 284 g/mol. The Bertz CT molecular complexity index is 671. The summed E-state index contributed by atoms with van der Waals surface area (Å²) in [5, 5.41) is 3.34. The number of hydrogen-bond acceptors (Lipinski definition) is 2. The molecule has 0 saturated carbocycles. The lowest BCUT2D eigenvalue weighted by atomic mass is 10.0. The molecule has 1 aliphatic rings. The van der Waals surface area contributed by atoms with E-state index in [2.05, 4.69) is 5.32 Å². The normalized spacial score (nSPS) is 17.3. The van der Waals surface area contributed by atoms with E-state index in [1.807, 2.05) is 37.3 Å². The topological polar surface area (TPSA) is 32.3 Å². The highest BCUT2D eigenvalue weighted by Crippen LogP contribution is 2.33. The van der Waals surface area contributed by atoms with Crippen LogP contribution in [-0.4, -0.2) is 17.4 Å². The summed E-state index contributed by atoms with van der Waals surface area (Å²) in [5.74, 6) is -0.308. The average Bonchev–Trinajstić information content (AvgIpc) is 2.50. The summed E-state index contributed by atoms with van der Waals surface area (Å²) in [5.41, 5.74) is 2.22. The molecule has 4 heteroatoms. The van der Waals surface area contributed by atoms with Crippen molar-refractivity contribution >= 4 is 11.6 Å². The monoisotopic (exact) mass is 284 g/mol. The van der Waals surface area contributed by atoms with Crippen LogP contribution in [0.15, 0.2) is 48.5 Å².